The molecule has 7 heteroatoms. The Hall–Kier alpha value is -1.30. The van der Waals surface area contributed by atoms with E-state index in [0.29, 0.717) is 22.3 Å². The number of halogens is 2. The summed E-state index contributed by atoms with van der Waals surface area (Å²) in [6, 6.07) is 5.50. The number of hydrogen-bond donors (Lipinski definition) is 2. The van der Waals surface area contributed by atoms with Crippen LogP contribution in [0.15, 0.2) is 18.2 Å². The molecule has 0 radical (unpaired) electrons. The van der Waals surface area contributed by atoms with Gasteiger partial charge in [0.15, 0.2) is 5.13 Å². The van der Waals surface area contributed by atoms with E-state index < -0.39 is 0 Å². The van der Waals surface area contributed by atoms with Crippen molar-refractivity contribution >= 4 is 51.4 Å². The number of fused-ring (bicyclic) bond motifs is 1. The first-order chi connectivity index (χ1) is 10.1. The van der Waals surface area contributed by atoms with Crippen LogP contribution in [0.4, 0.5) is 10.9 Å². The predicted octanol–water partition coefficient (Wildman–Crippen LogP) is 4.36. The Morgan fingerprint density at radius 1 is 1.43 bits per heavy atom. The molecule has 1 aromatic heterocycles. The Balaban J connectivity index is 2.03. The molecule has 2 N–H and O–H groups in total. The lowest BCUT2D eigenvalue weighted by Crippen LogP contribution is -2.22. The molecule has 1 aliphatic heterocycles. The van der Waals surface area contributed by atoms with E-state index in [4.69, 9.17) is 23.2 Å². The number of nitrogens with one attached hydrogen (secondary N) is 2. The lowest BCUT2D eigenvalue weighted by molar-refractivity contribution is -0.116. The molecule has 0 spiro atoms. The van der Waals surface area contributed by atoms with Gasteiger partial charge < -0.3 is 10.6 Å². The highest BCUT2D eigenvalue weighted by molar-refractivity contribution is 7.16. The molecule has 0 saturated heterocycles. The minimum atomic E-state index is -0.0353. The van der Waals surface area contributed by atoms with Crippen molar-refractivity contribution in [1.29, 1.82) is 0 Å². The zero-order valence-electron chi connectivity index (χ0n) is 11.2. The number of hydrogen-bond acceptors (Lipinski definition) is 4. The van der Waals surface area contributed by atoms with Crippen LogP contribution in [0.3, 0.4) is 0 Å². The zero-order chi connectivity index (χ0) is 15.0. The summed E-state index contributed by atoms with van der Waals surface area (Å²) in [5.74, 6) is 0.573. The quantitative estimate of drug-likeness (QED) is 0.872. The smallest absolute Gasteiger partial charge is 0.226 e. The highest BCUT2D eigenvalue weighted by Crippen LogP contribution is 2.43. The van der Waals surface area contributed by atoms with Gasteiger partial charge in [-0.2, -0.15) is 0 Å². The molecular weight excluding hydrogens is 329 g/mol. The van der Waals surface area contributed by atoms with Crippen molar-refractivity contribution in [3.63, 3.8) is 0 Å². The first kappa shape index (κ1) is 14.6. The van der Waals surface area contributed by atoms with Crippen molar-refractivity contribution in [2.24, 2.45) is 0 Å². The number of aromatic nitrogens is 1. The van der Waals surface area contributed by atoms with Gasteiger partial charge in [0.1, 0.15) is 5.82 Å². The molecule has 1 atom stereocenters. The summed E-state index contributed by atoms with van der Waals surface area (Å²) in [6.07, 6.45) is 0.388. The second-order valence-electron chi connectivity index (χ2n) is 4.74. The van der Waals surface area contributed by atoms with Crippen LogP contribution in [-0.2, 0) is 4.79 Å². The summed E-state index contributed by atoms with van der Waals surface area (Å²) in [7, 11) is 0. The van der Waals surface area contributed by atoms with Gasteiger partial charge in [0.25, 0.3) is 0 Å². The Kier molecular flexibility index (Phi) is 4.06. The number of nitrogens with zero attached hydrogens (tertiary/aromatic N) is 1. The zero-order valence-corrected chi connectivity index (χ0v) is 13.6. The van der Waals surface area contributed by atoms with Gasteiger partial charge in [-0.25, -0.2) is 4.98 Å². The third kappa shape index (κ3) is 2.86. The molecule has 1 aliphatic rings. The van der Waals surface area contributed by atoms with Gasteiger partial charge in [0.05, 0.1) is 14.9 Å². The molecule has 0 aliphatic carbocycles. The normalized spacial score (nSPS) is 17.3. The molecule has 1 aromatic carbocycles. The summed E-state index contributed by atoms with van der Waals surface area (Å²) in [5.41, 5.74) is 0.979. The average molecular weight is 342 g/mol. The van der Waals surface area contributed by atoms with Crippen LogP contribution in [-0.4, -0.2) is 17.4 Å². The molecule has 2 aromatic rings. The number of rotatable bonds is 3. The van der Waals surface area contributed by atoms with Crippen molar-refractivity contribution in [2.45, 2.75) is 19.3 Å². The fourth-order valence-electron chi connectivity index (χ4n) is 2.34. The van der Waals surface area contributed by atoms with E-state index in [-0.39, 0.29) is 11.8 Å². The third-order valence-electron chi connectivity index (χ3n) is 3.29. The van der Waals surface area contributed by atoms with E-state index in [9.17, 15) is 4.79 Å². The molecule has 0 saturated carbocycles. The second kappa shape index (κ2) is 5.83. The minimum Gasteiger partial charge on any atom is -0.362 e. The van der Waals surface area contributed by atoms with Crippen LogP contribution in [0.2, 0.25) is 10.0 Å². The van der Waals surface area contributed by atoms with Crippen LogP contribution in [0, 0.1) is 0 Å². The number of benzene rings is 1. The van der Waals surface area contributed by atoms with Gasteiger partial charge in [-0.1, -0.05) is 40.6 Å². The number of carbonyl (C=O) groups excluding carboxylic acids is 1. The number of amides is 1. The third-order valence-corrected chi connectivity index (χ3v) is 5.16. The molecule has 2 heterocycles. The highest BCUT2D eigenvalue weighted by atomic mass is 35.5. The van der Waals surface area contributed by atoms with Crippen molar-refractivity contribution in [3.8, 4) is 0 Å². The van der Waals surface area contributed by atoms with E-state index in [1.54, 1.807) is 17.4 Å². The van der Waals surface area contributed by atoms with Crippen LogP contribution < -0.4 is 10.6 Å². The maximum atomic E-state index is 11.9. The lowest BCUT2D eigenvalue weighted by Gasteiger charge is -2.21. The van der Waals surface area contributed by atoms with Crippen molar-refractivity contribution in [3.05, 3.63) is 38.7 Å². The van der Waals surface area contributed by atoms with Gasteiger partial charge in [-0.3, -0.25) is 4.79 Å². The summed E-state index contributed by atoms with van der Waals surface area (Å²) in [4.78, 5) is 17.4. The second-order valence-corrected chi connectivity index (χ2v) is 6.59. The molecule has 1 amide bonds. The van der Waals surface area contributed by atoms with Gasteiger partial charge in [-0.15, -0.1) is 0 Å². The van der Waals surface area contributed by atoms with Crippen LogP contribution >= 0.6 is 34.5 Å². The first-order valence-corrected chi connectivity index (χ1v) is 8.15. The van der Waals surface area contributed by atoms with Gasteiger partial charge >= 0.3 is 0 Å². The molecule has 0 bridgehead atoms. The van der Waals surface area contributed by atoms with Crippen LogP contribution in [0.1, 0.15) is 29.7 Å². The fraction of sp³-hybridized carbons (Fsp3) is 0.286. The monoisotopic (exact) mass is 341 g/mol. The Morgan fingerprint density at radius 2 is 2.24 bits per heavy atom. The van der Waals surface area contributed by atoms with Gasteiger partial charge in [0, 0.05) is 18.9 Å². The highest BCUT2D eigenvalue weighted by Gasteiger charge is 2.30. The number of thiazole rings is 1. The molecule has 0 unspecified atom stereocenters. The largest absolute Gasteiger partial charge is 0.362 e. The Bertz CT molecular complexity index is 702. The van der Waals surface area contributed by atoms with E-state index in [2.05, 4.69) is 15.6 Å². The van der Waals surface area contributed by atoms with Crippen LogP contribution in [0.25, 0.3) is 0 Å². The molecule has 3 rings (SSSR count). The average Bonchev–Trinajstić information content (AvgIpc) is 2.83. The molecular formula is C14H13Cl2N3OS. The van der Waals surface area contributed by atoms with Crippen molar-refractivity contribution < 1.29 is 4.79 Å². The summed E-state index contributed by atoms with van der Waals surface area (Å²) < 4.78 is 0. The Morgan fingerprint density at radius 3 is 2.95 bits per heavy atom. The van der Waals surface area contributed by atoms with E-state index in [1.165, 1.54) is 0 Å². The van der Waals surface area contributed by atoms with E-state index in [1.807, 2.05) is 19.1 Å². The van der Waals surface area contributed by atoms with Crippen LogP contribution in [0.5, 0.6) is 0 Å². The topological polar surface area (TPSA) is 54.0 Å². The van der Waals surface area contributed by atoms with Crippen molar-refractivity contribution in [2.75, 3.05) is 17.2 Å². The minimum absolute atomic E-state index is 0.0339. The van der Waals surface area contributed by atoms with Gasteiger partial charge in [0.2, 0.25) is 5.91 Å². The maximum absolute atomic E-state index is 11.9. The van der Waals surface area contributed by atoms with Gasteiger partial charge in [-0.05, 0) is 24.6 Å². The lowest BCUT2D eigenvalue weighted by atomic mass is 9.92. The van der Waals surface area contributed by atoms with Crippen molar-refractivity contribution in [1.82, 2.24) is 4.98 Å². The Labute approximate surface area is 136 Å². The molecule has 110 valence electrons. The predicted molar refractivity (Wildman–Crippen MR) is 87.8 cm³/mol. The standard InChI is InChI=1S/C14H13Cl2N3OS/c1-2-17-14-19-13-12(21-14)8(6-11(20)18-13)7-3-4-9(15)10(16)5-7/h3-5,8H,2,6H2,1H3,(H,17,19)(H,18,20)/t8-/m1/s1. The summed E-state index contributed by atoms with van der Waals surface area (Å²) >= 11 is 13.6. The van der Waals surface area contributed by atoms with E-state index >= 15 is 0 Å². The summed E-state index contributed by atoms with van der Waals surface area (Å²) in [5, 5.41) is 7.83. The number of anilines is 2. The SMILES string of the molecule is CCNc1nc2c(s1)[C@@H](c1ccc(Cl)c(Cl)c1)CC(=O)N2. The molecule has 21 heavy (non-hydrogen) atoms. The van der Waals surface area contributed by atoms with E-state index in [0.717, 1.165) is 22.1 Å². The fourth-order valence-corrected chi connectivity index (χ4v) is 3.77. The molecule has 0 fully saturated rings. The molecule has 4 nitrogen and oxygen atoms in total. The summed E-state index contributed by atoms with van der Waals surface area (Å²) in [6.45, 7) is 2.80. The first-order valence-electron chi connectivity index (χ1n) is 6.58. The maximum Gasteiger partial charge on any atom is 0.226 e. The number of carbonyl (C=O) groups is 1.